The van der Waals surface area contributed by atoms with Crippen molar-refractivity contribution in [3.8, 4) is 0 Å². The number of nitrogens with two attached hydrogens (primary N) is 1. The van der Waals surface area contributed by atoms with Crippen LogP contribution in [-0.2, 0) is 40.5 Å². The minimum atomic E-state index is -5.22. The highest BCUT2D eigenvalue weighted by Gasteiger charge is 2.25. The molecule has 6 N–H and O–H groups in total. The number of hydrogen-bond acceptors (Lipinski definition) is 11. The molecule has 15 nitrogen and oxygen atoms in total. The maximum Gasteiger partial charge on any atom is 0.295 e. The van der Waals surface area contributed by atoms with Gasteiger partial charge < -0.3 is 5.73 Å². The lowest BCUT2D eigenvalue weighted by atomic mass is 10.1. The fourth-order valence-corrected chi connectivity index (χ4v) is 6.24. The normalized spacial score (nSPS) is 13.4. The summed E-state index contributed by atoms with van der Waals surface area (Å²) in [7, 11) is -20.0. The summed E-state index contributed by atoms with van der Waals surface area (Å²) in [5, 5.41) is 6.92. The second kappa shape index (κ2) is 9.27. The van der Waals surface area contributed by atoms with Crippen LogP contribution in [0.4, 0.5) is 17.1 Å². The lowest BCUT2D eigenvalue weighted by Crippen LogP contribution is -2.07. The van der Waals surface area contributed by atoms with E-state index in [9.17, 15) is 51.9 Å². The summed E-state index contributed by atoms with van der Waals surface area (Å²) in [5.74, 6) is 0. The van der Waals surface area contributed by atoms with Crippen LogP contribution in [0.5, 0.6) is 0 Å². The SMILES string of the molecule is Nc1ccc(N=Nc2cc(S(=O)(=O)O)c3cc(S(=O)(=O)O)cc(S(=O)(=O)O)c3c2)c2ccc(S(=O)(=O)O)cc12. The largest absolute Gasteiger partial charge is 0.398 e. The molecule has 39 heavy (non-hydrogen) atoms. The first-order valence-electron chi connectivity index (χ1n) is 10.0. The Bertz CT molecular complexity index is 2180. The molecule has 0 heterocycles. The number of nitrogen functional groups attached to an aromatic ring is 1. The molecule has 4 aromatic carbocycles. The third-order valence-electron chi connectivity index (χ3n) is 5.38. The van der Waals surface area contributed by atoms with E-state index in [-0.39, 0.29) is 27.8 Å². The molecule has 206 valence electrons. The molecule has 0 aliphatic rings. The van der Waals surface area contributed by atoms with Crippen LogP contribution < -0.4 is 5.73 Å². The maximum atomic E-state index is 12.1. The van der Waals surface area contributed by atoms with Crippen molar-refractivity contribution in [1.29, 1.82) is 0 Å². The highest BCUT2D eigenvalue weighted by atomic mass is 32.2. The van der Waals surface area contributed by atoms with Crippen molar-refractivity contribution in [1.82, 2.24) is 0 Å². The summed E-state index contributed by atoms with van der Waals surface area (Å²) in [4.78, 5) is -3.68. The Morgan fingerprint density at radius 2 is 1.05 bits per heavy atom. The Balaban J connectivity index is 2.01. The van der Waals surface area contributed by atoms with Gasteiger partial charge in [-0.15, -0.1) is 5.11 Å². The van der Waals surface area contributed by atoms with Gasteiger partial charge in [0.2, 0.25) is 0 Å². The van der Waals surface area contributed by atoms with E-state index >= 15 is 0 Å². The fraction of sp³-hybridized carbons (Fsp3) is 0. The second-order valence-electron chi connectivity index (χ2n) is 7.94. The minimum Gasteiger partial charge on any atom is -0.398 e. The summed E-state index contributed by atoms with van der Waals surface area (Å²) in [6, 6.07) is 8.69. The number of benzene rings is 4. The third kappa shape index (κ3) is 5.74. The van der Waals surface area contributed by atoms with E-state index in [2.05, 4.69) is 10.2 Å². The van der Waals surface area contributed by atoms with Crippen LogP contribution >= 0.6 is 0 Å². The molecule has 4 rings (SSSR count). The van der Waals surface area contributed by atoms with Crippen LogP contribution in [0.2, 0.25) is 0 Å². The van der Waals surface area contributed by atoms with E-state index < -0.39 is 70.8 Å². The van der Waals surface area contributed by atoms with Crippen LogP contribution in [0.25, 0.3) is 21.5 Å². The van der Waals surface area contributed by atoms with Crippen LogP contribution in [0.15, 0.2) is 84.4 Å². The second-order valence-corrected chi connectivity index (χ2v) is 13.6. The highest BCUT2D eigenvalue weighted by Crippen LogP contribution is 2.37. The summed E-state index contributed by atoms with van der Waals surface area (Å²) in [6.07, 6.45) is 0. The predicted molar refractivity (Wildman–Crippen MR) is 136 cm³/mol. The Morgan fingerprint density at radius 3 is 1.62 bits per heavy atom. The quantitative estimate of drug-likeness (QED) is 0.118. The van der Waals surface area contributed by atoms with Crippen molar-refractivity contribution in [3.05, 3.63) is 54.6 Å². The van der Waals surface area contributed by atoms with E-state index in [4.69, 9.17) is 5.73 Å². The monoisotopic (exact) mass is 617 g/mol. The number of nitrogens with zero attached hydrogens (tertiary/aromatic N) is 2. The minimum absolute atomic E-state index is 0.0614. The number of rotatable bonds is 6. The molecule has 0 saturated heterocycles. The number of hydrogen-bond donors (Lipinski definition) is 5. The van der Waals surface area contributed by atoms with E-state index in [0.717, 1.165) is 24.3 Å². The van der Waals surface area contributed by atoms with Gasteiger partial charge in [-0.3, -0.25) is 18.2 Å². The number of fused-ring (bicyclic) bond motifs is 2. The summed E-state index contributed by atoms with van der Waals surface area (Å²) in [5.41, 5.74) is 5.67. The topological polar surface area (TPSA) is 268 Å². The molecule has 0 bridgehead atoms. The first kappa shape index (κ1) is 28.4. The molecule has 0 aromatic heterocycles. The average Bonchev–Trinajstić information content (AvgIpc) is 2.80. The number of anilines is 1. The highest BCUT2D eigenvalue weighted by molar-refractivity contribution is 7.87. The molecule has 4 aromatic rings. The van der Waals surface area contributed by atoms with Crippen molar-refractivity contribution in [3.63, 3.8) is 0 Å². The summed E-state index contributed by atoms with van der Waals surface area (Å²) < 4.78 is 132. The molecule has 0 aliphatic heterocycles. The first-order chi connectivity index (χ1) is 17.8. The summed E-state index contributed by atoms with van der Waals surface area (Å²) in [6.45, 7) is 0. The van der Waals surface area contributed by atoms with Gasteiger partial charge in [0.1, 0.15) is 9.79 Å². The predicted octanol–water partition coefficient (Wildman–Crippen LogP) is 2.98. The molecule has 0 spiro atoms. The van der Waals surface area contributed by atoms with E-state index in [0.29, 0.717) is 12.1 Å². The Morgan fingerprint density at radius 1 is 0.513 bits per heavy atom. The van der Waals surface area contributed by atoms with Gasteiger partial charge in [-0.25, -0.2) is 0 Å². The van der Waals surface area contributed by atoms with Crippen molar-refractivity contribution >= 4 is 79.1 Å². The molecule has 0 atom stereocenters. The average molecular weight is 618 g/mol. The lowest BCUT2D eigenvalue weighted by Gasteiger charge is -2.11. The van der Waals surface area contributed by atoms with Crippen LogP contribution in [0.1, 0.15) is 0 Å². The van der Waals surface area contributed by atoms with Gasteiger partial charge >= 0.3 is 0 Å². The molecule has 0 radical (unpaired) electrons. The Labute approximate surface area is 220 Å². The zero-order valence-corrected chi connectivity index (χ0v) is 22.1. The third-order valence-corrected chi connectivity index (χ3v) is 8.84. The van der Waals surface area contributed by atoms with Gasteiger partial charge in [-0.2, -0.15) is 38.8 Å². The van der Waals surface area contributed by atoms with Crippen LogP contribution in [-0.4, -0.2) is 51.9 Å². The standard InChI is InChI=1S/C20H15N3O12S4/c21-17-3-4-18(13-2-1-11(7-14(13)17)36(24,25)26)23-22-10-5-15-16(19(6-10)38(30,31)32)8-12(37(27,28)29)9-20(15)39(33,34)35/h1-9H,21H2,(H,24,25,26)(H,27,28,29)(H,30,31,32)(H,33,34,35). The lowest BCUT2D eigenvalue weighted by molar-refractivity contribution is 0.478. The molecule has 19 heteroatoms. The molecular weight excluding hydrogens is 602 g/mol. The van der Waals surface area contributed by atoms with Crippen molar-refractivity contribution in [2.45, 2.75) is 19.6 Å². The smallest absolute Gasteiger partial charge is 0.295 e. The number of azo groups is 1. The van der Waals surface area contributed by atoms with Crippen LogP contribution in [0, 0.1) is 0 Å². The van der Waals surface area contributed by atoms with E-state index in [1.807, 2.05) is 0 Å². The zero-order valence-electron chi connectivity index (χ0n) is 18.9. The van der Waals surface area contributed by atoms with Gasteiger partial charge in [0, 0.05) is 27.2 Å². The molecule has 0 unspecified atom stereocenters. The van der Waals surface area contributed by atoms with Crippen molar-refractivity contribution in [2.24, 2.45) is 10.2 Å². The van der Waals surface area contributed by atoms with Crippen molar-refractivity contribution in [2.75, 3.05) is 5.73 Å². The van der Waals surface area contributed by atoms with Gasteiger partial charge in [0.25, 0.3) is 40.5 Å². The zero-order chi connectivity index (χ0) is 29.1. The van der Waals surface area contributed by atoms with E-state index in [1.165, 1.54) is 18.2 Å². The van der Waals surface area contributed by atoms with Gasteiger partial charge in [0.05, 0.1) is 21.2 Å². The van der Waals surface area contributed by atoms with Gasteiger partial charge in [-0.1, -0.05) is 6.07 Å². The van der Waals surface area contributed by atoms with Crippen molar-refractivity contribution < 1.29 is 51.9 Å². The van der Waals surface area contributed by atoms with Gasteiger partial charge in [0.15, 0.2) is 0 Å². The molecule has 0 fully saturated rings. The van der Waals surface area contributed by atoms with Gasteiger partial charge in [-0.05, 0) is 48.5 Å². The molecule has 0 amide bonds. The Kier molecular flexibility index (Phi) is 6.77. The molecular formula is C20H15N3O12S4. The molecule has 0 aliphatic carbocycles. The van der Waals surface area contributed by atoms with Crippen LogP contribution in [0.3, 0.4) is 0 Å². The van der Waals surface area contributed by atoms with E-state index in [1.54, 1.807) is 0 Å². The summed E-state index contributed by atoms with van der Waals surface area (Å²) >= 11 is 0. The molecule has 0 saturated carbocycles. The maximum absolute atomic E-state index is 12.1. The fourth-order valence-electron chi connectivity index (χ4n) is 3.68. The first-order valence-corrected chi connectivity index (χ1v) is 15.8. The Hall–Kier alpha value is -3.56.